The standard InChI is InChI=1S/C15H25N3O/c1-5-18-12-9-7-6-8-11(12)16-14(18)17-13(19)10-15(2,3)4/h5-10H2,1-4H3,(H,16,17,19). The van der Waals surface area contributed by atoms with Crippen LogP contribution < -0.4 is 5.32 Å². The Morgan fingerprint density at radius 1 is 1.32 bits per heavy atom. The van der Waals surface area contributed by atoms with Gasteiger partial charge in [-0.3, -0.25) is 10.1 Å². The second-order valence-corrected chi connectivity index (χ2v) is 6.57. The van der Waals surface area contributed by atoms with Crippen LogP contribution in [0, 0.1) is 5.41 Å². The number of hydrogen-bond donors (Lipinski definition) is 1. The molecule has 1 aromatic rings. The summed E-state index contributed by atoms with van der Waals surface area (Å²) < 4.78 is 2.16. The molecule has 4 heteroatoms. The molecule has 0 atom stereocenters. The van der Waals surface area contributed by atoms with E-state index in [0.717, 1.165) is 25.3 Å². The first-order chi connectivity index (χ1) is 8.90. The highest BCUT2D eigenvalue weighted by Gasteiger charge is 2.22. The number of imidazole rings is 1. The van der Waals surface area contributed by atoms with E-state index in [4.69, 9.17) is 0 Å². The van der Waals surface area contributed by atoms with Gasteiger partial charge in [-0.25, -0.2) is 4.98 Å². The minimum absolute atomic E-state index is 0.00728. The molecule has 1 amide bonds. The van der Waals surface area contributed by atoms with Gasteiger partial charge in [0.15, 0.2) is 0 Å². The molecule has 1 N–H and O–H groups in total. The highest BCUT2D eigenvalue weighted by molar-refractivity contribution is 5.89. The molecule has 0 unspecified atom stereocenters. The molecule has 1 aromatic heterocycles. The summed E-state index contributed by atoms with van der Waals surface area (Å²) in [7, 11) is 0. The van der Waals surface area contributed by atoms with E-state index in [-0.39, 0.29) is 11.3 Å². The van der Waals surface area contributed by atoms with Crippen LogP contribution >= 0.6 is 0 Å². The number of carbonyl (C=O) groups excluding carboxylic acids is 1. The van der Waals surface area contributed by atoms with Gasteiger partial charge in [0.2, 0.25) is 11.9 Å². The third kappa shape index (κ3) is 3.37. The molecule has 0 saturated heterocycles. The highest BCUT2D eigenvalue weighted by atomic mass is 16.1. The van der Waals surface area contributed by atoms with Gasteiger partial charge in [-0.2, -0.15) is 0 Å². The van der Waals surface area contributed by atoms with Crippen molar-refractivity contribution in [3.05, 3.63) is 11.4 Å². The van der Waals surface area contributed by atoms with Gasteiger partial charge in [-0.05, 0) is 38.0 Å². The summed E-state index contributed by atoms with van der Waals surface area (Å²) in [6, 6.07) is 0. The van der Waals surface area contributed by atoms with Crippen LogP contribution in [0.5, 0.6) is 0 Å². The van der Waals surface area contributed by atoms with Crippen LogP contribution in [-0.2, 0) is 24.2 Å². The van der Waals surface area contributed by atoms with E-state index in [1.54, 1.807) is 0 Å². The monoisotopic (exact) mass is 263 g/mol. The summed E-state index contributed by atoms with van der Waals surface area (Å²) in [5, 5.41) is 2.99. The average Bonchev–Trinajstić information content (AvgIpc) is 2.63. The minimum atomic E-state index is 0.00728. The van der Waals surface area contributed by atoms with Gasteiger partial charge < -0.3 is 4.57 Å². The molecule has 0 bridgehead atoms. The summed E-state index contributed by atoms with van der Waals surface area (Å²) in [6.07, 6.45) is 5.10. The lowest BCUT2D eigenvalue weighted by Crippen LogP contribution is -2.21. The van der Waals surface area contributed by atoms with Crippen molar-refractivity contribution in [2.75, 3.05) is 5.32 Å². The Labute approximate surface area is 115 Å². The first-order valence-corrected chi connectivity index (χ1v) is 7.29. The van der Waals surface area contributed by atoms with Crippen molar-refractivity contribution in [1.29, 1.82) is 0 Å². The van der Waals surface area contributed by atoms with Crippen molar-refractivity contribution >= 4 is 11.9 Å². The van der Waals surface area contributed by atoms with Gasteiger partial charge in [0.25, 0.3) is 0 Å². The Balaban J connectivity index is 2.16. The topological polar surface area (TPSA) is 46.9 Å². The number of rotatable bonds is 3. The predicted octanol–water partition coefficient (Wildman–Crippen LogP) is 3.16. The smallest absolute Gasteiger partial charge is 0.227 e. The zero-order valence-electron chi connectivity index (χ0n) is 12.5. The molecule has 0 radical (unpaired) electrons. The number of aromatic nitrogens is 2. The molecule has 1 aliphatic carbocycles. The number of nitrogens with zero attached hydrogens (tertiary/aromatic N) is 2. The van der Waals surface area contributed by atoms with Crippen molar-refractivity contribution in [2.24, 2.45) is 5.41 Å². The van der Waals surface area contributed by atoms with E-state index in [2.05, 4.69) is 42.6 Å². The number of anilines is 1. The summed E-state index contributed by atoms with van der Waals surface area (Å²) in [5.41, 5.74) is 2.51. The fourth-order valence-corrected chi connectivity index (χ4v) is 2.69. The molecule has 19 heavy (non-hydrogen) atoms. The molecule has 0 saturated carbocycles. The first-order valence-electron chi connectivity index (χ1n) is 7.29. The van der Waals surface area contributed by atoms with Crippen molar-refractivity contribution in [1.82, 2.24) is 9.55 Å². The van der Waals surface area contributed by atoms with E-state index in [0.29, 0.717) is 6.42 Å². The molecule has 0 spiro atoms. The van der Waals surface area contributed by atoms with Crippen LogP contribution in [0.3, 0.4) is 0 Å². The van der Waals surface area contributed by atoms with Crippen molar-refractivity contribution in [2.45, 2.75) is 66.3 Å². The van der Waals surface area contributed by atoms with Gasteiger partial charge in [-0.1, -0.05) is 20.8 Å². The maximum Gasteiger partial charge on any atom is 0.227 e. The molecule has 0 aliphatic heterocycles. The summed E-state index contributed by atoms with van der Waals surface area (Å²) in [5.74, 6) is 0.799. The lowest BCUT2D eigenvalue weighted by Gasteiger charge is -2.17. The molecule has 2 rings (SSSR count). The lowest BCUT2D eigenvalue weighted by atomic mass is 9.92. The van der Waals surface area contributed by atoms with Gasteiger partial charge in [0.1, 0.15) is 0 Å². The Morgan fingerprint density at radius 3 is 2.63 bits per heavy atom. The van der Waals surface area contributed by atoms with Crippen LogP contribution in [0.1, 0.15) is 58.3 Å². The lowest BCUT2D eigenvalue weighted by molar-refractivity contribution is -0.117. The first kappa shape index (κ1) is 14.1. The SMILES string of the molecule is CCn1c(NC(=O)CC(C)(C)C)nc2c1CCCC2. The van der Waals surface area contributed by atoms with Gasteiger partial charge >= 0.3 is 0 Å². The van der Waals surface area contributed by atoms with Crippen LogP contribution in [0.4, 0.5) is 5.95 Å². The average molecular weight is 263 g/mol. The zero-order valence-corrected chi connectivity index (χ0v) is 12.5. The van der Waals surface area contributed by atoms with Crippen molar-refractivity contribution in [3.8, 4) is 0 Å². The molecule has 0 aromatic carbocycles. The molecular weight excluding hydrogens is 238 g/mol. The fourth-order valence-electron chi connectivity index (χ4n) is 2.69. The van der Waals surface area contributed by atoms with E-state index in [9.17, 15) is 4.79 Å². The number of amides is 1. The van der Waals surface area contributed by atoms with E-state index < -0.39 is 0 Å². The van der Waals surface area contributed by atoms with Gasteiger partial charge in [-0.15, -0.1) is 0 Å². The third-order valence-electron chi connectivity index (χ3n) is 3.49. The maximum absolute atomic E-state index is 12.0. The molecule has 1 aliphatic rings. The van der Waals surface area contributed by atoms with Crippen LogP contribution in [-0.4, -0.2) is 15.5 Å². The van der Waals surface area contributed by atoms with Crippen LogP contribution in [0.25, 0.3) is 0 Å². The predicted molar refractivity (Wildman–Crippen MR) is 77.2 cm³/mol. The molecule has 0 fully saturated rings. The van der Waals surface area contributed by atoms with Crippen LogP contribution in [0.2, 0.25) is 0 Å². The number of fused-ring (bicyclic) bond motifs is 1. The van der Waals surface area contributed by atoms with Gasteiger partial charge in [0.05, 0.1) is 5.69 Å². The fraction of sp³-hybridized carbons (Fsp3) is 0.733. The molecular formula is C15H25N3O. The second-order valence-electron chi connectivity index (χ2n) is 6.57. The largest absolute Gasteiger partial charge is 0.314 e. The van der Waals surface area contributed by atoms with E-state index >= 15 is 0 Å². The number of hydrogen-bond acceptors (Lipinski definition) is 2. The molecule has 106 valence electrons. The highest BCUT2D eigenvalue weighted by Crippen LogP contribution is 2.25. The Kier molecular flexibility index (Phi) is 3.97. The summed E-state index contributed by atoms with van der Waals surface area (Å²) in [6.45, 7) is 9.20. The summed E-state index contributed by atoms with van der Waals surface area (Å²) >= 11 is 0. The number of nitrogens with one attached hydrogen (secondary N) is 1. The Morgan fingerprint density at radius 2 is 2.00 bits per heavy atom. The Hall–Kier alpha value is -1.32. The minimum Gasteiger partial charge on any atom is -0.314 e. The molecule has 1 heterocycles. The van der Waals surface area contributed by atoms with Gasteiger partial charge in [0, 0.05) is 18.7 Å². The molecule has 4 nitrogen and oxygen atoms in total. The van der Waals surface area contributed by atoms with E-state index in [1.165, 1.54) is 24.2 Å². The Bertz CT molecular complexity index is 468. The third-order valence-corrected chi connectivity index (χ3v) is 3.49. The second kappa shape index (κ2) is 5.35. The quantitative estimate of drug-likeness (QED) is 0.910. The number of carbonyl (C=O) groups is 1. The normalized spacial score (nSPS) is 15.2. The summed E-state index contributed by atoms with van der Waals surface area (Å²) in [4.78, 5) is 16.7. The van der Waals surface area contributed by atoms with E-state index in [1.807, 2.05) is 0 Å². The zero-order chi connectivity index (χ0) is 14.0. The van der Waals surface area contributed by atoms with Crippen molar-refractivity contribution in [3.63, 3.8) is 0 Å². The number of aryl methyl sites for hydroxylation is 1. The van der Waals surface area contributed by atoms with Crippen molar-refractivity contribution < 1.29 is 4.79 Å². The van der Waals surface area contributed by atoms with Crippen LogP contribution in [0.15, 0.2) is 0 Å². The maximum atomic E-state index is 12.0.